The van der Waals surface area contributed by atoms with Gasteiger partial charge in [0, 0.05) is 10.5 Å². The highest BCUT2D eigenvalue weighted by Gasteiger charge is 2.35. The van der Waals surface area contributed by atoms with Crippen molar-refractivity contribution in [2.75, 3.05) is 13.7 Å². The summed E-state index contributed by atoms with van der Waals surface area (Å²) in [6.07, 6.45) is 4.98. The van der Waals surface area contributed by atoms with Crippen LogP contribution in [-0.2, 0) is 6.42 Å². The fourth-order valence-corrected chi connectivity index (χ4v) is 3.61. The van der Waals surface area contributed by atoms with Crippen molar-refractivity contribution in [2.45, 2.75) is 45.6 Å². The number of nitrogens with one attached hydrogen (secondary N) is 1. The first-order chi connectivity index (χ1) is 9.06. The summed E-state index contributed by atoms with van der Waals surface area (Å²) in [6, 6.07) is 6.95. The molecule has 0 radical (unpaired) electrons. The molecule has 0 bridgehead atoms. The van der Waals surface area contributed by atoms with Crippen molar-refractivity contribution in [1.82, 2.24) is 5.32 Å². The zero-order valence-electron chi connectivity index (χ0n) is 12.1. The minimum absolute atomic E-state index is 0.404. The molecule has 3 heteroatoms. The molecule has 0 aliphatic heterocycles. The van der Waals surface area contributed by atoms with Gasteiger partial charge in [-0.15, -0.1) is 0 Å². The average molecular weight is 326 g/mol. The van der Waals surface area contributed by atoms with E-state index in [1.807, 2.05) is 6.07 Å². The van der Waals surface area contributed by atoms with E-state index in [2.05, 4.69) is 47.2 Å². The summed E-state index contributed by atoms with van der Waals surface area (Å²) in [7, 11) is 1.73. The Labute approximate surface area is 125 Å². The maximum absolute atomic E-state index is 5.33. The summed E-state index contributed by atoms with van der Waals surface area (Å²) >= 11 is 3.67. The second-order valence-corrected chi connectivity index (χ2v) is 6.80. The number of rotatable bonds is 5. The van der Waals surface area contributed by atoms with Crippen LogP contribution in [0.25, 0.3) is 0 Å². The predicted molar refractivity (Wildman–Crippen MR) is 83.8 cm³/mol. The summed E-state index contributed by atoms with van der Waals surface area (Å²) in [5.74, 6) is 0.947. The Morgan fingerprint density at radius 1 is 1.47 bits per heavy atom. The first-order valence-electron chi connectivity index (χ1n) is 7.12. The van der Waals surface area contributed by atoms with Crippen LogP contribution in [0.1, 0.15) is 38.7 Å². The number of ether oxygens (including phenoxy) is 1. The lowest BCUT2D eigenvalue weighted by molar-refractivity contribution is 0.321. The Balaban J connectivity index is 2.08. The van der Waals surface area contributed by atoms with Gasteiger partial charge in [0.15, 0.2) is 0 Å². The Morgan fingerprint density at radius 2 is 2.26 bits per heavy atom. The molecule has 0 spiro atoms. The molecular formula is C16H24BrNO. The van der Waals surface area contributed by atoms with Crippen LogP contribution in [-0.4, -0.2) is 19.7 Å². The molecule has 1 N–H and O–H groups in total. The zero-order valence-corrected chi connectivity index (χ0v) is 13.7. The van der Waals surface area contributed by atoms with Gasteiger partial charge in [0.05, 0.1) is 7.11 Å². The van der Waals surface area contributed by atoms with Gasteiger partial charge in [-0.05, 0) is 61.4 Å². The number of methoxy groups -OCH3 is 1. The molecule has 2 unspecified atom stereocenters. The highest BCUT2D eigenvalue weighted by atomic mass is 79.9. The van der Waals surface area contributed by atoms with E-state index in [1.165, 1.54) is 29.3 Å². The normalized spacial score (nSPS) is 26.6. The van der Waals surface area contributed by atoms with E-state index in [-0.39, 0.29) is 0 Å². The van der Waals surface area contributed by atoms with Crippen molar-refractivity contribution in [3.63, 3.8) is 0 Å². The van der Waals surface area contributed by atoms with Gasteiger partial charge in [0.1, 0.15) is 5.75 Å². The van der Waals surface area contributed by atoms with Gasteiger partial charge in [-0.25, -0.2) is 0 Å². The number of benzene rings is 1. The molecule has 1 aliphatic rings. The number of hydrogen-bond donors (Lipinski definition) is 1. The smallest absolute Gasteiger partial charge is 0.119 e. The van der Waals surface area contributed by atoms with Crippen LogP contribution in [0.5, 0.6) is 5.75 Å². The van der Waals surface area contributed by atoms with E-state index < -0.39 is 0 Å². The molecule has 106 valence electrons. The van der Waals surface area contributed by atoms with Gasteiger partial charge < -0.3 is 10.1 Å². The summed E-state index contributed by atoms with van der Waals surface area (Å²) in [5, 5.41) is 3.59. The Morgan fingerprint density at radius 3 is 2.95 bits per heavy atom. The summed E-state index contributed by atoms with van der Waals surface area (Å²) in [4.78, 5) is 0. The average Bonchev–Trinajstić information content (AvgIpc) is 2.74. The Hall–Kier alpha value is -0.540. The molecule has 1 aliphatic carbocycles. The monoisotopic (exact) mass is 325 g/mol. The lowest BCUT2D eigenvalue weighted by atomic mass is 9.82. The van der Waals surface area contributed by atoms with Gasteiger partial charge >= 0.3 is 0 Å². The predicted octanol–water partition coefficient (Wildman–Crippen LogP) is 4.17. The molecule has 0 heterocycles. The van der Waals surface area contributed by atoms with Crippen molar-refractivity contribution >= 4 is 15.9 Å². The van der Waals surface area contributed by atoms with Crippen molar-refractivity contribution in [3.8, 4) is 5.75 Å². The first kappa shape index (κ1) is 14.9. The SMILES string of the molecule is CCNC1CCC(C)(Cc2cc(OC)ccc2Br)C1. The van der Waals surface area contributed by atoms with Crippen molar-refractivity contribution in [3.05, 3.63) is 28.2 Å². The molecule has 2 nitrogen and oxygen atoms in total. The minimum atomic E-state index is 0.404. The largest absolute Gasteiger partial charge is 0.497 e. The van der Waals surface area contributed by atoms with E-state index >= 15 is 0 Å². The third-order valence-corrected chi connectivity index (χ3v) is 4.97. The second-order valence-electron chi connectivity index (χ2n) is 5.94. The molecule has 0 saturated heterocycles. The van der Waals surface area contributed by atoms with E-state index in [9.17, 15) is 0 Å². The first-order valence-corrected chi connectivity index (χ1v) is 7.91. The van der Waals surface area contributed by atoms with Crippen LogP contribution in [0.2, 0.25) is 0 Å². The van der Waals surface area contributed by atoms with E-state index in [1.54, 1.807) is 7.11 Å². The van der Waals surface area contributed by atoms with Crippen molar-refractivity contribution in [2.24, 2.45) is 5.41 Å². The summed E-state index contributed by atoms with van der Waals surface area (Å²) in [5.41, 5.74) is 1.76. The van der Waals surface area contributed by atoms with Gasteiger partial charge in [0.2, 0.25) is 0 Å². The van der Waals surface area contributed by atoms with Crippen LogP contribution < -0.4 is 10.1 Å². The third kappa shape index (κ3) is 3.73. The molecule has 0 aromatic heterocycles. The molecule has 1 saturated carbocycles. The Bertz CT molecular complexity index is 435. The quantitative estimate of drug-likeness (QED) is 0.877. The topological polar surface area (TPSA) is 21.3 Å². The van der Waals surface area contributed by atoms with E-state index in [0.717, 1.165) is 18.7 Å². The molecule has 0 amide bonds. The van der Waals surface area contributed by atoms with Crippen LogP contribution in [0, 0.1) is 5.41 Å². The van der Waals surface area contributed by atoms with Crippen LogP contribution in [0.15, 0.2) is 22.7 Å². The molecule has 2 rings (SSSR count). The lowest BCUT2D eigenvalue weighted by Gasteiger charge is -2.25. The van der Waals surface area contributed by atoms with Gasteiger partial charge in [-0.3, -0.25) is 0 Å². The summed E-state index contributed by atoms with van der Waals surface area (Å²) < 4.78 is 6.53. The maximum Gasteiger partial charge on any atom is 0.119 e. The highest BCUT2D eigenvalue weighted by molar-refractivity contribution is 9.10. The third-order valence-electron chi connectivity index (χ3n) is 4.20. The highest BCUT2D eigenvalue weighted by Crippen LogP contribution is 2.42. The van der Waals surface area contributed by atoms with Gasteiger partial charge in [-0.2, -0.15) is 0 Å². The standard InChI is InChI=1S/C16H24BrNO/c1-4-18-13-7-8-16(2,11-13)10-12-9-14(19-3)5-6-15(12)17/h5-6,9,13,18H,4,7-8,10-11H2,1-3H3. The van der Waals surface area contributed by atoms with Crippen LogP contribution in [0.4, 0.5) is 0 Å². The fourth-order valence-electron chi connectivity index (χ4n) is 3.22. The van der Waals surface area contributed by atoms with E-state index in [0.29, 0.717) is 11.5 Å². The fraction of sp³-hybridized carbons (Fsp3) is 0.625. The molecule has 19 heavy (non-hydrogen) atoms. The molecular weight excluding hydrogens is 302 g/mol. The maximum atomic E-state index is 5.33. The molecule has 2 atom stereocenters. The minimum Gasteiger partial charge on any atom is -0.497 e. The van der Waals surface area contributed by atoms with Crippen molar-refractivity contribution < 1.29 is 4.74 Å². The van der Waals surface area contributed by atoms with Gasteiger partial charge in [-0.1, -0.05) is 29.8 Å². The van der Waals surface area contributed by atoms with Crippen LogP contribution >= 0.6 is 15.9 Å². The number of halogens is 1. The molecule has 1 aromatic carbocycles. The second kappa shape index (κ2) is 6.27. The molecule has 1 fully saturated rings. The zero-order chi connectivity index (χ0) is 13.9. The van der Waals surface area contributed by atoms with E-state index in [4.69, 9.17) is 4.74 Å². The summed E-state index contributed by atoms with van der Waals surface area (Å²) in [6.45, 7) is 5.67. The van der Waals surface area contributed by atoms with Gasteiger partial charge in [0.25, 0.3) is 0 Å². The molecule has 1 aromatic rings. The van der Waals surface area contributed by atoms with Crippen LogP contribution in [0.3, 0.4) is 0 Å². The Kier molecular flexibility index (Phi) is 4.91. The lowest BCUT2D eigenvalue weighted by Crippen LogP contribution is -2.28. The number of hydrogen-bond acceptors (Lipinski definition) is 2. The van der Waals surface area contributed by atoms with Crippen molar-refractivity contribution in [1.29, 1.82) is 0 Å².